The summed E-state index contributed by atoms with van der Waals surface area (Å²) in [5, 5.41) is 0. The van der Waals surface area contributed by atoms with Crippen LogP contribution < -0.4 is 0 Å². The summed E-state index contributed by atoms with van der Waals surface area (Å²) in [5.74, 6) is 0. The van der Waals surface area contributed by atoms with Crippen LogP contribution in [0, 0.1) is 0 Å². The maximum Gasteiger partial charge on any atom is 0.0267 e. The van der Waals surface area contributed by atoms with Crippen LogP contribution in [-0.2, 0) is 0 Å². The lowest BCUT2D eigenvalue weighted by Gasteiger charge is -1.79. The highest BCUT2D eigenvalue weighted by Crippen LogP contribution is 1.88. The zero-order valence-corrected chi connectivity index (χ0v) is 6.54. The van der Waals surface area contributed by atoms with Crippen LogP contribution in [0.4, 0.5) is 0 Å². The third-order valence-corrected chi connectivity index (χ3v) is 0.793. The number of nitrogens with zero attached hydrogens (tertiary/aromatic N) is 1. The number of allylic oxidation sites excluding steroid dienone is 4. The molecular weight excluding hydrogens is 122 g/mol. The second kappa shape index (κ2) is 6.02. The second-order valence-corrected chi connectivity index (χ2v) is 2.12. The molecule has 0 aromatic heterocycles. The van der Waals surface area contributed by atoms with Crippen molar-refractivity contribution >= 4 is 6.21 Å². The molecule has 0 N–H and O–H groups in total. The molecule has 0 fully saturated rings. The first-order chi connectivity index (χ1) is 4.77. The largest absolute Gasteiger partial charge is 0.265 e. The lowest BCUT2D eigenvalue weighted by atomic mass is 10.3. The maximum atomic E-state index is 3.89. The summed E-state index contributed by atoms with van der Waals surface area (Å²) in [6.07, 6.45) is 8.92. The van der Waals surface area contributed by atoms with Gasteiger partial charge in [-0.25, -0.2) is 0 Å². The molecule has 0 bridgehead atoms. The van der Waals surface area contributed by atoms with Gasteiger partial charge < -0.3 is 0 Å². The van der Waals surface area contributed by atoms with E-state index in [1.807, 2.05) is 26.0 Å². The Labute approximate surface area is 62.5 Å². The first-order valence-electron chi connectivity index (χ1n) is 3.21. The van der Waals surface area contributed by atoms with Gasteiger partial charge >= 0.3 is 0 Å². The van der Waals surface area contributed by atoms with Crippen molar-refractivity contribution in [3.8, 4) is 0 Å². The first-order valence-corrected chi connectivity index (χ1v) is 3.21. The average molecular weight is 135 g/mol. The van der Waals surface area contributed by atoms with Gasteiger partial charge in [0.25, 0.3) is 0 Å². The molecule has 0 amide bonds. The van der Waals surface area contributed by atoms with Crippen molar-refractivity contribution in [1.82, 2.24) is 0 Å². The van der Waals surface area contributed by atoms with E-state index in [1.54, 1.807) is 18.5 Å². The highest BCUT2D eigenvalue weighted by Gasteiger charge is 1.67. The lowest BCUT2D eigenvalue weighted by Crippen LogP contribution is -1.60. The van der Waals surface area contributed by atoms with E-state index in [-0.39, 0.29) is 0 Å². The molecule has 0 atom stereocenters. The van der Waals surface area contributed by atoms with Gasteiger partial charge in [-0.05, 0) is 19.9 Å². The van der Waals surface area contributed by atoms with E-state index in [1.165, 1.54) is 5.57 Å². The lowest BCUT2D eigenvalue weighted by molar-refractivity contribution is 1.39. The summed E-state index contributed by atoms with van der Waals surface area (Å²) in [7, 11) is 0. The molecular formula is C9H13N. The number of hydrogen-bond acceptors (Lipinski definition) is 1. The van der Waals surface area contributed by atoms with E-state index in [9.17, 15) is 0 Å². The third kappa shape index (κ3) is 6.89. The summed E-state index contributed by atoms with van der Waals surface area (Å²) < 4.78 is 0. The highest BCUT2D eigenvalue weighted by molar-refractivity contribution is 5.70. The van der Waals surface area contributed by atoms with Crippen molar-refractivity contribution in [2.24, 2.45) is 4.99 Å². The maximum absolute atomic E-state index is 3.89. The van der Waals surface area contributed by atoms with Gasteiger partial charge in [0.05, 0.1) is 0 Å². The molecule has 0 heterocycles. The van der Waals surface area contributed by atoms with Crippen molar-refractivity contribution in [3.05, 3.63) is 36.6 Å². The van der Waals surface area contributed by atoms with Gasteiger partial charge in [-0.2, -0.15) is 0 Å². The molecule has 0 aromatic carbocycles. The summed E-state index contributed by atoms with van der Waals surface area (Å²) in [6, 6.07) is 0. The monoisotopic (exact) mass is 135 g/mol. The zero-order valence-electron chi connectivity index (χ0n) is 6.54. The van der Waals surface area contributed by atoms with Crippen molar-refractivity contribution in [2.45, 2.75) is 13.8 Å². The Morgan fingerprint density at radius 1 is 1.40 bits per heavy atom. The second-order valence-electron chi connectivity index (χ2n) is 2.12. The van der Waals surface area contributed by atoms with E-state index in [4.69, 9.17) is 0 Å². The Balaban J connectivity index is 3.67. The van der Waals surface area contributed by atoms with Crippen molar-refractivity contribution < 1.29 is 0 Å². The normalized spacial score (nSPS) is 10.6. The summed E-state index contributed by atoms with van der Waals surface area (Å²) >= 11 is 0. The van der Waals surface area contributed by atoms with Gasteiger partial charge in [0.15, 0.2) is 0 Å². The van der Waals surface area contributed by atoms with Crippen molar-refractivity contribution in [3.63, 3.8) is 0 Å². The van der Waals surface area contributed by atoms with Crippen molar-refractivity contribution in [2.75, 3.05) is 0 Å². The fourth-order valence-corrected chi connectivity index (χ4v) is 0.396. The molecule has 0 aromatic rings. The Hall–Kier alpha value is -1.11. The standard InChI is InChI=1S/C9H13N/c1-4-7-10-8-5-6-9(2)3/h4-8H,1H2,2-3H3. The van der Waals surface area contributed by atoms with Gasteiger partial charge in [-0.1, -0.05) is 24.3 Å². The fraction of sp³-hybridized carbons (Fsp3) is 0.222. The molecule has 0 rings (SSSR count). The van der Waals surface area contributed by atoms with Gasteiger partial charge in [-0.3, -0.25) is 4.99 Å². The minimum atomic E-state index is 1.27. The molecule has 1 nitrogen and oxygen atoms in total. The van der Waals surface area contributed by atoms with Crippen LogP contribution >= 0.6 is 0 Å². The predicted octanol–water partition coefficient (Wildman–Crippen LogP) is 2.72. The molecule has 0 saturated carbocycles. The van der Waals surface area contributed by atoms with Gasteiger partial charge in [0, 0.05) is 12.4 Å². The summed E-state index contributed by atoms with van der Waals surface area (Å²) in [6.45, 7) is 7.58. The number of rotatable bonds is 3. The Bertz CT molecular complexity index is 169. The minimum absolute atomic E-state index is 1.27. The van der Waals surface area contributed by atoms with Gasteiger partial charge in [0.2, 0.25) is 0 Å². The molecule has 10 heavy (non-hydrogen) atoms. The zero-order chi connectivity index (χ0) is 7.82. The van der Waals surface area contributed by atoms with Crippen LogP contribution in [0.1, 0.15) is 13.8 Å². The van der Waals surface area contributed by atoms with Gasteiger partial charge in [-0.15, -0.1) is 0 Å². The highest BCUT2D eigenvalue weighted by atomic mass is 14.6. The Morgan fingerprint density at radius 3 is 2.60 bits per heavy atom. The topological polar surface area (TPSA) is 12.4 Å². The number of hydrogen-bond donors (Lipinski definition) is 0. The molecule has 0 aliphatic heterocycles. The van der Waals surface area contributed by atoms with E-state index in [0.29, 0.717) is 0 Å². The molecule has 1 heteroatoms. The van der Waals surface area contributed by atoms with E-state index in [0.717, 1.165) is 0 Å². The molecule has 0 unspecified atom stereocenters. The Kier molecular flexibility index (Phi) is 5.35. The number of aliphatic imine (C=N–C) groups is 1. The summed E-state index contributed by atoms with van der Waals surface area (Å²) in [5.41, 5.74) is 1.27. The predicted molar refractivity (Wildman–Crippen MR) is 47.3 cm³/mol. The van der Waals surface area contributed by atoms with E-state index >= 15 is 0 Å². The van der Waals surface area contributed by atoms with Crippen LogP contribution in [0.15, 0.2) is 41.6 Å². The van der Waals surface area contributed by atoms with Crippen LogP contribution in [0.5, 0.6) is 0 Å². The average Bonchev–Trinajstić information content (AvgIpc) is 1.87. The molecule has 0 spiro atoms. The third-order valence-electron chi connectivity index (χ3n) is 0.793. The first kappa shape index (κ1) is 8.89. The quantitative estimate of drug-likeness (QED) is 0.417. The van der Waals surface area contributed by atoms with Crippen LogP contribution in [-0.4, -0.2) is 6.21 Å². The van der Waals surface area contributed by atoms with Gasteiger partial charge in [0.1, 0.15) is 0 Å². The van der Waals surface area contributed by atoms with Crippen molar-refractivity contribution in [1.29, 1.82) is 0 Å². The molecule has 54 valence electrons. The molecule has 0 radical (unpaired) electrons. The smallest absolute Gasteiger partial charge is 0.0267 e. The van der Waals surface area contributed by atoms with Crippen LogP contribution in [0.2, 0.25) is 0 Å². The molecule has 0 aliphatic rings. The SMILES string of the molecule is C=CC=NC=CC=C(C)C. The van der Waals surface area contributed by atoms with E-state index < -0.39 is 0 Å². The minimum Gasteiger partial charge on any atom is -0.265 e. The van der Waals surface area contributed by atoms with E-state index in [2.05, 4.69) is 11.6 Å². The van der Waals surface area contributed by atoms with Crippen LogP contribution in [0.25, 0.3) is 0 Å². The summed E-state index contributed by atoms with van der Waals surface area (Å²) in [4.78, 5) is 3.89. The Morgan fingerprint density at radius 2 is 2.10 bits per heavy atom. The fourth-order valence-electron chi connectivity index (χ4n) is 0.396. The molecule has 0 aliphatic carbocycles. The van der Waals surface area contributed by atoms with Crippen LogP contribution in [0.3, 0.4) is 0 Å². The molecule has 0 saturated heterocycles.